The van der Waals surface area contributed by atoms with E-state index in [-0.39, 0.29) is 11.3 Å². The largest absolute Gasteiger partial charge is 0.417 e. The first-order chi connectivity index (χ1) is 13.3. The molecule has 1 fully saturated rings. The van der Waals surface area contributed by atoms with Crippen molar-refractivity contribution in [3.05, 3.63) is 64.1 Å². The molecule has 2 heterocycles. The van der Waals surface area contributed by atoms with E-state index < -0.39 is 5.76 Å². The van der Waals surface area contributed by atoms with Gasteiger partial charge in [-0.3, -0.25) is 9.78 Å². The maximum absolute atomic E-state index is 12.9. The number of hydrogen-bond donors (Lipinski definition) is 1. The zero-order chi connectivity index (χ0) is 19.9. The third-order valence-corrected chi connectivity index (χ3v) is 5.33. The summed E-state index contributed by atoms with van der Waals surface area (Å²) in [6, 6.07) is 13.6. The van der Waals surface area contributed by atoms with Crippen LogP contribution in [0.5, 0.6) is 0 Å². The number of anilines is 1. The number of nitrogens with one attached hydrogen (secondary N) is 1. The minimum atomic E-state index is -0.449. The Labute approximate surface area is 163 Å². The van der Waals surface area contributed by atoms with E-state index in [1.165, 1.54) is 5.56 Å². The third-order valence-electron chi connectivity index (χ3n) is 5.33. The summed E-state index contributed by atoms with van der Waals surface area (Å²) in [5.41, 5.74) is 4.17. The number of rotatable bonds is 2. The van der Waals surface area contributed by atoms with Gasteiger partial charge in [-0.05, 0) is 35.2 Å². The number of benzene rings is 2. The van der Waals surface area contributed by atoms with Crippen LogP contribution < -0.4 is 10.7 Å². The molecule has 0 radical (unpaired) electrons. The topological polar surface area (TPSA) is 69.6 Å². The number of carbonyl (C=O) groups is 1. The first-order valence-corrected chi connectivity index (χ1v) is 9.59. The predicted molar refractivity (Wildman–Crippen MR) is 110 cm³/mol. The second-order valence-corrected chi connectivity index (χ2v) is 8.27. The van der Waals surface area contributed by atoms with Gasteiger partial charge in [0, 0.05) is 31.7 Å². The summed E-state index contributed by atoms with van der Waals surface area (Å²) in [4.78, 5) is 31.1. The van der Waals surface area contributed by atoms with Crippen LogP contribution in [0.4, 0.5) is 5.69 Å². The lowest BCUT2D eigenvalue weighted by Gasteiger charge is -2.36. The average molecular weight is 379 g/mol. The number of aromatic amines is 1. The second kappa shape index (κ2) is 6.86. The van der Waals surface area contributed by atoms with E-state index in [0.717, 1.165) is 11.3 Å². The number of H-pyrrole nitrogens is 1. The van der Waals surface area contributed by atoms with Gasteiger partial charge in [-0.2, -0.15) is 0 Å². The number of carbonyl (C=O) groups excluding carboxylic acids is 1. The Hall–Kier alpha value is -3.02. The maximum atomic E-state index is 12.9. The molecule has 0 bridgehead atoms. The summed E-state index contributed by atoms with van der Waals surface area (Å²) in [7, 11) is 0. The van der Waals surface area contributed by atoms with E-state index in [9.17, 15) is 9.59 Å². The normalized spacial score (nSPS) is 15.2. The quantitative estimate of drug-likeness (QED) is 0.741. The van der Waals surface area contributed by atoms with Crippen molar-refractivity contribution in [3.8, 4) is 0 Å². The van der Waals surface area contributed by atoms with Crippen LogP contribution in [0.1, 0.15) is 36.7 Å². The first-order valence-electron chi connectivity index (χ1n) is 9.59. The molecule has 4 rings (SSSR count). The molecule has 0 unspecified atom stereocenters. The smallest absolute Gasteiger partial charge is 0.406 e. The van der Waals surface area contributed by atoms with Crippen molar-refractivity contribution in [3.63, 3.8) is 0 Å². The number of piperazine rings is 1. The number of para-hydroxylation sites is 1. The predicted octanol–water partition coefficient (Wildman–Crippen LogP) is 3.38. The lowest BCUT2D eigenvalue weighted by atomic mass is 9.86. The van der Waals surface area contributed by atoms with Crippen LogP contribution in [-0.4, -0.2) is 42.0 Å². The fraction of sp³-hybridized carbons (Fsp3) is 0.364. The molecule has 1 saturated heterocycles. The Morgan fingerprint density at radius 2 is 1.68 bits per heavy atom. The Morgan fingerprint density at radius 3 is 2.32 bits per heavy atom. The molecule has 1 amide bonds. The number of oxazole rings is 1. The van der Waals surface area contributed by atoms with Gasteiger partial charge in [-0.25, -0.2) is 4.79 Å². The first kappa shape index (κ1) is 18.3. The van der Waals surface area contributed by atoms with Crippen molar-refractivity contribution in [1.82, 2.24) is 9.88 Å². The fourth-order valence-corrected chi connectivity index (χ4v) is 3.65. The Morgan fingerprint density at radius 1 is 1.00 bits per heavy atom. The standard InChI is InChI=1S/C22H25N3O3/c1-22(2,3)16-9-7-15(8-10-16)20(26)25-13-11-24(12-14-25)18-6-4-5-17-19(18)28-21(27)23-17/h4-10H,11-14H2,1-3H3,(H,23,27). The molecule has 3 aromatic rings. The molecule has 1 aliphatic rings. The molecule has 1 N–H and O–H groups in total. The molecule has 146 valence electrons. The number of fused-ring (bicyclic) bond motifs is 1. The van der Waals surface area contributed by atoms with Crippen molar-refractivity contribution in [2.75, 3.05) is 31.1 Å². The highest BCUT2D eigenvalue weighted by atomic mass is 16.4. The SMILES string of the molecule is CC(C)(C)c1ccc(C(=O)N2CCN(c3cccc4[nH]c(=O)oc34)CC2)cc1. The average Bonchev–Trinajstić information content (AvgIpc) is 3.07. The Bertz CT molecular complexity index is 1050. The van der Waals surface area contributed by atoms with E-state index in [1.807, 2.05) is 47.4 Å². The summed E-state index contributed by atoms with van der Waals surface area (Å²) >= 11 is 0. The van der Waals surface area contributed by atoms with Crippen LogP contribution in [0, 0.1) is 0 Å². The summed E-state index contributed by atoms with van der Waals surface area (Å²) in [5.74, 6) is -0.388. The molecule has 2 aromatic carbocycles. The molecule has 0 atom stereocenters. The lowest BCUT2D eigenvalue weighted by Crippen LogP contribution is -2.48. The molecular formula is C22H25N3O3. The molecular weight excluding hydrogens is 354 g/mol. The van der Waals surface area contributed by atoms with Gasteiger partial charge in [0.15, 0.2) is 5.58 Å². The Kier molecular flexibility index (Phi) is 4.49. The highest BCUT2D eigenvalue weighted by Crippen LogP contribution is 2.26. The zero-order valence-electron chi connectivity index (χ0n) is 16.5. The Balaban J connectivity index is 1.46. The summed E-state index contributed by atoms with van der Waals surface area (Å²) in [5, 5.41) is 0. The van der Waals surface area contributed by atoms with E-state index in [0.29, 0.717) is 37.3 Å². The van der Waals surface area contributed by atoms with Gasteiger partial charge in [-0.15, -0.1) is 0 Å². The van der Waals surface area contributed by atoms with Gasteiger partial charge in [0.25, 0.3) is 5.91 Å². The van der Waals surface area contributed by atoms with Gasteiger partial charge in [0.2, 0.25) is 0 Å². The number of nitrogens with zero attached hydrogens (tertiary/aromatic N) is 2. The highest BCUT2D eigenvalue weighted by molar-refractivity contribution is 5.94. The van der Waals surface area contributed by atoms with Crippen LogP contribution in [0.15, 0.2) is 51.7 Å². The van der Waals surface area contributed by atoms with E-state index in [2.05, 4.69) is 30.7 Å². The zero-order valence-corrected chi connectivity index (χ0v) is 16.5. The van der Waals surface area contributed by atoms with Gasteiger partial charge in [-0.1, -0.05) is 39.0 Å². The van der Waals surface area contributed by atoms with Gasteiger partial charge in [0.1, 0.15) is 0 Å². The van der Waals surface area contributed by atoms with Crippen molar-refractivity contribution in [2.24, 2.45) is 0 Å². The molecule has 6 heteroatoms. The number of amides is 1. The molecule has 0 spiro atoms. The summed E-state index contributed by atoms with van der Waals surface area (Å²) in [6.07, 6.45) is 0. The van der Waals surface area contributed by atoms with Gasteiger partial charge >= 0.3 is 5.76 Å². The molecule has 6 nitrogen and oxygen atoms in total. The van der Waals surface area contributed by atoms with E-state index in [1.54, 1.807) is 0 Å². The molecule has 1 aliphatic heterocycles. The summed E-state index contributed by atoms with van der Waals surface area (Å²) in [6.45, 7) is 9.14. The molecule has 0 aliphatic carbocycles. The van der Waals surface area contributed by atoms with Gasteiger partial charge in [0.05, 0.1) is 11.2 Å². The fourth-order valence-electron chi connectivity index (χ4n) is 3.65. The van der Waals surface area contributed by atoms with Crippen molar-refractivity contribution >= 4 is 22.7 Å². The van der Waals surface area contributed by atoms with Gasteiger partial charge < -0.3 is 14.2 Å². The highest BCUT2D eigenvalue weighted by Gasteiger charge is 2.24. The van der Waals surface area contributed by atoms with E-state index >= 15 is 0 Å². The number of aromatic nitrogens is 1. The summed E-state index contributed by atoms with van der Waals surface area (Å²) < 4.78 is 5.30. The lowest BCUT2D eigenvalue weighted by molar-refractivity contribution is 0.0747. The van der Waals surface area contributed by atoms with Crippen LogP contribution in [0.25, 0.3) is 11.1 Å². The van der Waals surface area contributed by atoms with Crippen molar-refractivity contribution in [1.29, 1.82) is 0 Å². The second-order valence-electron chi connectivity index (χ2n) is 8.27. The van der Waals surface area contributed by atoms with Crippen LogP contribution >= 0.6 is 0 Å². The molecule has 1 aromatic heterocycles. The van der Waals surface area contributed by atoms with Crippen LogP contribution in [0.2, 0.25) is 0 Å². The monoisotopic (exact) mass is 379 g/mol. The molecule has 0 saturated carbocycles. The number of hydrogen-bond acceptors (Lipinski definition) is 4. The maximum Gasteiger partial charge on any atom is 0.417 e. The third kappa shape index (κ3) is 3.42. The molecule has 28 heavy (non-hydrogen) atoms. The van der Waals surface area contributed by atoms with Crippen molar-refractivity contribution < 1.29 is 9.21 Å². The van der Waals surface area contributed by atoms with Crippen molar-refractivity contribution in [2.45, 2.75) is 26.2 Å². The van der Waals surface area contributed by atoms with Crippen LogP contribution in [0.3, 0.4) is 0 Å². The van der Waals surface area contributed by atoms with Crippen LogP contribution in [-0.2, 0) is 5.41 Å². The minimum Gasteiger partial charge on any atom is -0.406 e. The van der Waals surface area contributed by atoms with E-state index in [4.69, 9.17) is 4.42 Å². The minimum absolute atomic E-state index is 0.0616.